The van der Waals surface area contributed by atoms with Crippen molar-refractivity contribution in [1.29, 1.82) is 0 Å². The van der Waals surface area contributed by atoms with Gasteiger partial charge in [0.2, 0.25) is 0 Å². The van der Waals surface area contributed by atoms with Gasteiger partial charge >= 0.3 is 0 Å². The van der Waals surface area contributed by atoms with Crippen LogP contribution in [0.1, 0.15) is 0 Å². The summed E-state index contributed by atoms with van der Waals surface area (Å²) in [7, 11) is 1.72. The van der Waals surface area contributed by atoms with Crippen molar-refractivity contribution in [1.82, 2.24) is 0 Å². The third-order valence-corrected chi connectivity index (χ3v) is 0.824. The molecule has 0 saturated carbocycles. The lowest BCUT2D eigenvalue weighted by molar-refractivity contribution is 1.47. The van der Waals surface area contributed by atoms with Crippen molar-refractivity contribution in [2.75, 3.05) is 7.05 Å². The average molecular weight is 121 g/mol. The van der Waals surface area contributed by atoms with E-state index in [1.54, 1.807) is 25.4 Å². The molecule has 0 heterocycles. The largest absolute Gasteiger partial charge is 0.296 e. The van der Waals surface area contributed by atoms with Crippen LogP contribution in [0.4, 0.5) is 0 Å². The van der Waals surface area contributed by atoms with Crippen molar-refractivity contribution < 1.29 is 0 Å². The molecule has 0 rings (SSSR count). The SMILES string of the molecule is C=C/C=C(/C=C)C=NC. The molecule has 0 aliphatic rings. The zero-order valence-electron chi connectivity index (χ0n) is 5.67. The molecule has 0 saturated heterocycles. The van der Waals surface area contributed by atoms with Crippen LogP contribution in [0.25, 0.3) is 0 Å². The molecule has 0 aromatic carbocycles. The van der Waals surface area contributed by atoms with E-state index in [9.17, 15) is 0 Å². The molecule has 0 aromatic rings. The zero-order valence-corrected chi connectivity index (χ0v) is 5.67. The molecule has 0 amide bonds. The van der Waals surface area contributed by atoms with Gasteiger partial charge in [-0.15, -0.1) is 0 Å². The van der Waals surface area contributed by atoms with E-state index in [4.69, 9.17) is 0 Å². The first-order valence-corrected chi connectivity index (χ1v) is 2.72. The maximum Gasteiger partial charge on any atom is 0.0281 e. The second-order valence-corrected chi connectivity index (χ2v) is 1.49. The van der Waals surface area contributed by atoms with Crippen LogP contribution in [-0.2, 0) is 0 Å². The highest BCUT2D eigenvalue weighted by molar-refractivity contribution is 5.82. The predicted octanol–water partition coefficient (Wildman–Crippen LogP) is 1.99. The van der Waals surface area contributed by atoms with Crippen LogP contribution in [0.2, 0.25) is 0 Å². The number of aliphatic imine (C=N–C) groups is 1. The molecule has 0 N–H and O–H groups in total. The second kappa shape index (κ2) is 5.04. The molecule has 0 fully saturated rings. The maximum atomic E-state index is 3.81. The van der Waals surface area contributed by atoms with Crippen LogP contribution in [0.15, 0.2) is 42.0 Å². The minimum atomic E-state index is 0.979. The number of hydrogen-bond donors (Lipinski definition) is 0. The summed E-state index contributed by atoms with van der Waals surface area (Å²) in [5.41, 5.74) is 0.979. The van der Waals surface area contributed by atoms with Crippen LogP contribution in [0.5, 0.6) is 0 Å². The smallest absolute Gasteiger partial charge is 0.0281 e. The molecular formula is C8H11N. The lowest BCUT2D eigenvalue weighted by Crippen LogP contribution is -1.75. The van der Waals surface area contributed by atoms with Crippen molar-refractivity contribution in [2.45, 2.75) is 0 Å². The first kappa shape index (κ1) is 7.89. The van der Waals surface area contributed by atoms with E-state index in [0.717, 1.165) is 5.57 Å². The Morgan fingerprint density at radius 2 is 2.11 bits per heavy atom. The molecule has 0 aliphatic carbocycles. The van der Waals surface area contributed by atoms with Crippen molar-refractivity contribution >= 4 is 6.21 Å². The van der Waals surface area contributed by atoms with Crippen LogP contribution < -0.4 is 0 Å². The van der Waals surface area contributed by atoms with Crippen LogP contribution in [0.3, 0.4) is 0 Å². The Morgan fingerprint density at radius 1 is 1.44 bits per heavy atom. The number of hydrogen-bond acceptors (Lipinski definition) is 1. The molecule has 9 heavy (non-hydrogen) atoms. The van der Waals surface area contributed by atoms with Crippen LogP contribution in [-0.4, -0.2) is 13.3 Å². The quantitative estimate of drug-likeness (QED) is 0.400. The van der Waals surface area contributed by atoms with Gasteiger partial charge in [-0.3, -0.25) is 4.99 Å². The summed E-state index contributed by atoms with van der Waals surface area (Å²) in [5.74, 6) is 0. The van der Waals surface area contributed by atoms with Gasteiger partial charge in [0.05, 0.1) is 0 Å². The fraction of sp³-hybridized carbons (Fsp3) is 0.125. The highest BCUT2D eigenvalue weighted by Gasteiger charge is 1.77. The Kier molecular flexibility index (Phi) is 4.41. The summed E-state index contributed by atoms with van der Waals surface area (Å²) >= 11 is 0. The molecule has 48 valence electrons. The van der Waals surface area contributed by atoms with E-state index in [0.29, 0.717) is 0 Å². The molecule has 0 unspecified atom stereocenters. The first-order chi connectivity index (χ1) is 4.35. The van der Waals surface area contributed by atoms with Gasteiger partial charge in [-0.1, -0.05) is 31.4 Å². The molecule has 0 radical (unpaired) electrons. The monoisotopic (exact) mass is 121 g/mol. The van der Waals surface area contributed by atoms with Gasteiger partial charge in [-0.2, -0.15) is 0 Å². The molecular weight excluding hydrogens is 110 g/mol. The van der Waals surface area contributed by atoms with E-state index < -0.39 is 0 Å². The summed E-state index contributed by atoms with van der Waals surface area (Å²) in [6, 6.07) is 0. The Balaban J connectivity index is 4.13. The molecule has 0 aromatic heterocycles. The van der Waals surface area contributed by atoms with E-state index in [1.807, 2.05) is 6.08 Å². The maximum absolute atomic E-state index is 3.81. The Bertz CT molecular complexity index is 152. The Hall–Kier alpha value is -1.11. The third-order valence-electron chi connectivity index (χ3n) is 0.824. The second-order valence-electron chi connectivity index (χ2n) is 1.49. The summed E-state index contributed by atoms with van der Waals surface area (Å²) in [6.07, 6.45) is 7.02. The fourth-order valence-corrected chi connectivity index (χ4v) is 0.449. The fourth-order valence-electron chi connectivity index (χ4n) is 0.449. The van der Waals surface area contributed by atoms with E-state index in [1.165, 1.54) is 0 Å². The molecule has 1 heteroatoms. The average Bonchev–Trinajstić information content (AvgIpc) is 1.88. The highest BCUT2D eigenvalue weighted by Crippen LogP contribution is 1.90. The number of rotatable bonds is 3. The number of allylic oxidation sites excluding steroid dienone is 4. The summed E-state index contributed by atoms with van der Waals surface area (Å²) in [6.45, 7) is 7.14. The normalized spacial score (nSPS) is 11.9. The van der Waals surface area contributed by atoms with Crippen molar-refractivity contribution in [3.05, 3.63) is 37.0 Å². The van der Waals surface area contributed by atoms with E-state index in [-0.39, 0.29) is 0 Å². The van der Waals surface area contributed by atoms with Gasteiger partial charge in [-0.25, -0.2) is 0 Å². The lowest BCUT2D eigenvalue weighted by Gasteiger charge is -1.84. The lowest BCUT2D eigenvalue weighted by atomic mass is 10.3. The third kappa shape index (κ3) is 3.47. The Labute approximate surface area is 56.1 Å². The van der Waals surface area contributed by atoms with Gasteiger partial charge in [-0.05, 0) is 5.57 Å². The van der Waals surface area contributed by atoms with Crippen LogP contribution in [0, 0.1) is 0 Å². The van der Waals surface area contributed by atoms with Gasteiger partial charge in [0.15, 0.2) is 0 Å². The summed E-state index contributed by atoms with van der Waals surface area (Å²) in [5, 5.41) is 0. The van der Waals surface area contributed by atoms with Crippen molar-refractivity contribution in [3.63, 3.8) is 0 Å². The topological polar surface area (TPSA) is 12.4 Å². The van der Waals surface area contributed by atoms with Gasteiger partial charge in [0, 0.05) is 13.3 Å². The van der Waals surface area contributed by atoms with Gasteiger partial charge in [0.25, 0.3) is 0 Å². The van der Waals surface area contributed by atoms with E-state index in [2.05, 4.69) is 18.2 Å². The first-order valence-electron chi connectivity index (χ1n) is 2.72. The van der Waals surface area contributed by atoms with Crippen LogP contribution >= 0.6 is 0 Å². The molecule has 0 spiro atoms. The Morgan fingerprint density at radius 3 is 2.44 bits per heavy atom. The minimum Gasteiger partial charge on any atom is -0.296 e. The molecule has 0 aliphatic heterocycles. The van der Waals surface area contributed by atoms with Gasteiger partial charge in [0.1, 0.15) is 0 Å². The number of nitrogens with zero attached hydrogens (tertiary/aromatic N) is 1. The molecule has 0 atom stereocenters. The van der Waals surface area contributed by atoms with Gasteiger partial charge < -0.3 is 0 Å². The predicted molar refractivity (Wildman–Crippen MR) is 42.9 cm³/mol. The summed E-state index contributed by atoms with van der Waals surface area (Å²) < 4.78 is 0. The molecule has 1 nitrogen and oxygen atoms in total. The molecule has 0 bridgehead atoms. The highest BCUT2D eigenvalue weighted by atomic mass is 14.6. The van der Waals surface area contributed by atoms with Crippen molar-refractivity contribution in [2.24, 2.45) is 4.99 Å². The van der Waals surface area contributed by atoms with Crippen molar-refractivity contribution in [3.8, 4) is 0 Å². The van der Waals surface area contributed by atoms with E-state index >= 15 is 0 Å². The minimum absolute atomic E-state index is 0.979. The summed E-state index contributed by atoms with van der Waals surface area (Å²) in [4.78, 5) is 3.81. The zero-order chi connectivity index (χ0) is 7.11. The standard InChI is InChI=1S/C8H11N/c1-4-6-8(5-2)7-9-3/h4-7H,1-2H2,3H3/b8-6-,9-7?.